The van der Waals surface area contributed by atoms with E-state index in [4.69, 9.17) is 0 Å². The Labute approximate surface area is 166 Å². The molecule has 0 saturated heterocycles. The number of fused-ring (bicyclic) bond motifs is 1. The highest BCUT2D eigenvalue weighted by atomic mass is 32.2. The van der Waals surface area contributed by atoms with Gasteiger partial charge in [-0.25, -0.2) is 8.42 Å². The van der Waals surface area contributed by atoms with E-state index in [1.807, 2.05) is 61.5 Å². The number of anilines is 1. The van der Waals surface area contributed by atoms with Gasteiger partial charge in [-0.05, 0) is 40.5 Å². The van der Waals surface area contributed by atoms with Crippen molar-refractivity contribution < 1.29 is 13.2 Å². The quantitative estimate of drug-likeness (QED) is 0.665. The van der Waals surface area contributed by atoms with Crippen LogP contribution in [0.3, 0.4) is 0 Å². The van der Waals surface area contributed by atoms with Crippen LogP contribution in [0.4, 0.5) is 5.69 Å². The number of hydrogen-bond acceptors (Lipinski definition) is 3. The van der Waals surface area contributed by atoms with Gasteiger partial charge < -0.3 is 5.32 Å². The van der Waals surface area contributed by atoms with E-state index in [1.54, 1.807) is 12.1 Å². The van der Waals surface area contributed by atoms with Crippen LogP contribution in [0.2, 0.25) is 0 Å². The Morgan fingerprint density at radius 3 is 2.36 bits per heavy atom. The van der Waals surface area contributed by atoms with E-state index in [9.17, 15) is 13.2 Å². The number of amides is 1. The molecule has 0 aliphatic heterocycles. The minimum absolute atomic E-state index is 0.247. The Kier molecular flexibility index (Phi) is 5.99. The zero-order valence-electron chi connectivity index (χ0n) is 16.1. The second-order valence-corrected chi connectivity index (χ2v) is 8.62. The summed E-state index contributed by atoms with van der Waals surface area (Å²) in [5, 5.41) is 5.07. The Morgan fingerprint density at radius 2 is 1.64 bits per heavy atom. The van der Waals surface area contributed by atoms with E-state index >= 15 is 0 Å². The lowest BCUT2D eigenvalue weighted by atomic mass is 10.1. The first-order chi connectivity index (χ1) is 13.4. The lowest BCUT2D eigenvalue weighted by molar-refractivity contribution is -0.119. The van der Waals surface area contributed by atoms with Crippen LogP contribution in [0.25, 0.3) is 10.8 Å². The van der Waals surface area contributed by atoms with Gasteiger partial charge in [0.2, 0.25) is 15.9 Å². The number of rotatable bonds is 7. The zero-order chi connectivity index (χ0) is 20.1. The molecule has 6 heteroatoms. The van der Waals surface area contributed by atoms with Crippen molar-refractivity contribution in [2.75, 3.05) is 17.1 Å². The minimum atomic E-state index is -3.58. The second-order valence-electron chi connectivity index (χ2n) is 6.71. The maximum atomic E-state index is 12.5. The van der Waals surface area contributed by atoms with Crippen molar-refractivity contribution >= 4 is 32.4 Å². The number of carbonyl (C=O) groups excluding carboxylic acids is 1. The highest BCUT2D eigenvalue weighted by Crippen LogP contribution is 2.23. The van der Waals surface area contributed by atoms with Gasteiger partial charge in [-0.3, -0.25) is 9.10 Å². The topological polar surface area (TPSA) is 66.5 Å². The molecule has 146 valence electrons. The summed E-state index contributed by atoms with van der Waals surface area (Å²) >= 11 is 0. The maximum absolute atomic E-state index is 12.5. The van der Waals surface area contributed by atoms with Crippen LogP contribution < -0.4 is 9.62 Å². The van der Waals surface area contributed by atoms with Crippen LogP contribution in [-0.4, -0.2) is 27.1 Å². The van der Waals surface area contributed by atoms with Crippen LogP contribution in [0.15, 0.2) is 66.7 Å². The molecule has 1 N–H and O–H groups in total. The molecule has 0 atom stereocenters. The molecule has 28 heavy (non-hydrogen) atoms. The fraction of sp³-hybridized carbons (Fsp3) is 0.227. The lowest BCUT2D eigenvalue weighted by Gasteiger charge is -2.24. The summed E-state index contributed by atoms with van der Waals surface area (Å²) < 4.78 is 25.8. The van der Waals surface area contributed by atoms with Crippen LogP contribution >= 0.6 is 0 Å². The van der Waals surface area contributed by atoms with E-state index in [0.29, 0.717) is 18.7 Å². The third kappa shape index (κ3) is 4.70. The number of nitrogens with one attached hydrogen (secondary N) is 1. The first kappa shape index (κ1) is 19.9. The van der Waals surface area contributed by atoms with Crippen molar-refractivity contribution in [1.29, 1.82) is 0 Å². The molecule has 3 aromatic rings. The SMILES string of the molecule is CCc1ccccc1N(CC(=O)NCc1ccc2ccccc2c1)S(C)(=O)=O. The molecule has 0 aliphatic carbocycles. The smallest absolute Gasteiger partial charge is 0.241 e. The fourth-order valence-corrected chi connectivity index (χ4v) is 4.06. The number of nitrogens with zero attached hydrogens (tertiary/aromatic N) is 1. The fourth-order valence-electron chi connectivity index (χ4n) is 3.17. The van der Waals surface area contributed by atoms with Gasteiger partial charge in [0.1, 0.15) is 6.54 Å². The van der Waals surface area contributed by atoms with Gasteiger partial charge in [-0.15, -0.1) is 0 Å². The van der Waals surface area contributed by atoms with Crippen molar-refractivity contribution in [3.8, 4) is 0 Å². The summed E-state index contributed by atoms with van der Waals surface area (Å²) in [5.41, 5.74) is 2.40. The molecular weight excluding hydrogens is 372 g/mol. The van der Waals surface area contributed by atoms with E-state index in [-0.39, 0.29) is 12.5 Å². The molecule has 5 nitrogen and oxygen atoms in total. The summed E-state index contributed by atoms with van der Waals surface area (Å²) in [4.78, 5) is 12.5. The van der Waals surface area contributed by atoms with Gasteiger partial charge >= 0.3 is 0 Å². The average Bonchev–Trinajstić information content (AvgIpc) is 2.69. The van der Waals surface area contributed by atoms with Crippen LogP contribution in [-0.2, 0) is 27.8 Å². The van der Waals surface area contributed by atoms with Crippen LogP contribution in [0, 0.1) is 0 Å². The standard InChI is InChI=1S/C22H24N2O3S/c1-3-18-8-6-7-11-21(18)24(28(2,26)27)16-22(25)23-15-17-12-13-19-9-4-5-10-20(19)14-17/h4-14H,3,15-16H2,1-2H3,(H,23,25). The zero-order valence-corrected chi connectivity index (χ0v) is 16.9. The first-order valence-corrected chi connectivity index (χ1v) is 11.0. The normalized spacial score (nSPS) is 11.4. The van der Waals surface area contributed by atoms with Gasteiger partial charge in [0.25, 0.3) is 0 Å². The molecule has 0 fully saturated rings. The minimum Gasteiger partial charge on any atom is -0.350 e. The first-order valence-electron chi connectivity index (χ1n) is 9.18. The predicted molar refractivity (Wildman–Crippen MR) is 114 cm³/mol. The van der Waals surface area contributed by atoms with Gasteiger partial charge in [-0.1, -0.05) is 61.5 Å². The molecule has 0 aromatic heterocycles. The molecule has 0 unspecified atom stereocenters. The summed E-state index contributed by atoms with van der Waals surface area (Å²) in [6.07, 6.45) is 1.80. The highest BCUT2D eigenvalue weighted by molar-refractivity contribution is 7.92. The van der Waals surface area contributed by atoms with E-state index < -0.39 is 10.0 Å². The lowest BCUT2D eigenvalue weighted by Crippen LogP contribution is -2.40. The Balaban J connectivity index is 1.73. The predicted octanol–water partition coefficient (Wildman–Crippen LogP) is 3.48. The van der Waals surface area contributed by atoms with Crippen molar-refractivity contribution in [1.82, 2.24) is 5.32 Å². The van der Waals surface area contributed by atoms with E-state index in [0.717, 1.165) is 28.2 Å². The molecule has 0 spiro atoms. The number of para-hydroxylation sites is 1. The number of carbonyl (C=O) groups is 1. The molecule has 0 saturated carbocycles. The van der Waals surface area contributed by atoms with Gasteiger partial charge in [0, 0.05) is 6.54 Å². The molecule has 3 aromatic carbocycles. The summed E-state index contributed by atoms with van der Waals surface area (Å²) in [6, 6.07) is 21.3. The average molecular weight is 397 g/mol. The summed E-state index contributed by atoms with van der Waals surface area (Å²) in [5.74, 6) is -0.343. The Hall–Kier alpha value is -2.86. The van der Waals surface area contributed by atoms with Crippen molar-refractivity contribution in [2.45, 2.75) is 19.9 Å². The van der Waals surface area contributed by atoms with Crippen LogP contribution in [0.5, 0.6) is 0 Å². The van der Waals surface area contributed by atoms with Crippen molar-refractivity contribution in [3.05, 3.63) is 77.9 Å². The number of benzene rings is 3. The van der Waals surface area contributed by atoms with Gasteiger partial charge in [0.15, 0.2) is 0 Å². The molecule has 0 radical (unpaired) electrons. The third-order valence-electron chi connectivity index (χ3n) is 4.63. The Bertz CT molecular complexity index is 1090. The van der Waals surface area contributed by atoms with E-state index in [2.05, 4.69) is 5.32 Å². The van der Waals surface area contributed by atoms with Crippen LogP contribution in [0.1, 0.15) is 18.1 Å². The molecular formula is C22H24N2O3S. The summed E-state index contributed by atoms with van der Waals surface area (Å²) in [6.45, 7) is 2.05. The number of sulfonamides is 1. The third-order valence-corrected chi connectivity index (χ3v) is 5.76. The molecule has 0 heterocycles. The molecule has 0 bridgehead atoms. The van der Waals surface area contributed by atoms with Gasteiger partial charge in [-0.2, -0.15) is 0 Å². The molecule has 0 aliphatic rings. The molecule has 1 amide bonds. The number of hydrogen-bond donors (Lipinski definition) is 1. The Morgan fingerprint density at radius 1 is 0.964 bits per heavy atom. The van der Waals surface area contributed by atoms with Crippen molar-refractivity contribution in [3.63, 3.8) is 0 Å². The highest BCUT2D eigenvalue weighted by Gasteiger charge is 2.22. The second kappa shape index (κ2) is 8.44. The maximum Gasteiger partial charge on any atom is 0.241 e. The molecule has 3 rings (SSSR count). The van der Waals surface area contributed by atoms with Crippen molar-refractivity contribution in [2.24, 2.45) is 0 Å². The van der Waals surface area contributed by atoms with Gasteiger partial charge in [0.05, 0.1) is 11.9 Å². The monoisotopic (exact) mass is 396 g/mol. The largest absolute Gasteiger partial charge is 0.350 e. The number of aryl methyl sites for hydroxylation is 1. The summed E-state index contributed by atoms with van der Waals surface area (Å²) in [7, 11) is -3.58. The van der Waals surface area contributed by atoms with E-state index in [1.165, 1.54) is 4.31 Å².